The van der Waals surface area contributed by atoms with Crippen molar-refractivity contribution in [3.63, 3.8) is 0 Å². The minimum Gasteiger partial charge on any atom is -0.481 e. The van der Waals surface area contributed by atoms with Gasteiger partial charge in [-0.25, -0.2) is 0 Å². The first kappa shape index (κ1) is 28.9. The van der Waals surface area contributed by atoms with Crippen molar-refractivity contribution in [3.05, 3.63) is 60.2 Å². The van der Waals surface area contributed by atoms with Gasteiger partial charge in [-0.3, -0.25) is 4.79 Å². The van der Waals surface area contributed by atoms with E-state index in [1.54, 1.807) is 0 Å². The number of carboxylic acid groups (broad SMARTS) is 1. The van der Waals surface area contributed by atoms with Gasteiger partial charge in [-0.05, 0) is 127 Å². The predicted molar refractivity (Wildman–Crippen MR) is 163 cm³/mol. The van der Waals surface area contributed by atoms with E-state index in [0.717, 1.165) is 44.1 Å². The lowest BCUT2D eigenvalue weighted by Crippen LogP contribution is -2.59. The first-order valence-corrected chi connectivity index (χ1v) is 16.3. The van der Waals surface area contributed by atoms with Gasteiger partial charge < -0.3 is 15.3 Å². The first-order valence-electron chi connectivity index (χ1n) is 16.3. The van der Waals surface area contributed by atoms with Crippen molar-refractivity contribution >= 4 is 5.97 Å². The lowest BCUT2D eigenvalue weighted by molar-refractivity contribution is -0.190. The Balaban J connectivity index is 1.17. The predicted octanol–water partition coefficient (Wildman–Crippen LogP) is 8.06. The van der Waals surface area contributed by atoms with Crippen LogP contribution in [0.15, 0.2) is 54.6 Å². The topological polar surface area (TPSA) is 77.8 Å². The summed E-state index contributed by atoms with van der Waals surface area (Å²) in [4.78, 5) is 11.1. The summed E-state index contributed by atoms with van der Waals surface area (Å²) in [6, 6.07) is 18.9. The maximum atomic E-state index is 12.0. The minimum atomic E-state index is -0.834. The summed E-state index contributed by atoms with van der Waals surface area (Å²) < 4.78 is 0. The summed E-state index contributed by atoms with van der Waals surface area (Å²) in [6.45, 7) is 7.33. The SMILES string of the molecule is C[C@H](CCCC(=O)O)[C@H]1CC[C@H]2[C@@H]3[C@H](O)C[C@@H]4C[C@](O)(c5ccc(-c6ccccc6)cc5)CC[C@]4(C)[C@H]3CC[C@]12C. The number of aliphatic hydroxyl groups is 2. The summed E-state index contributed by atoms with van der Waals surface area (Å²) in [5.41, 5.74) is 2.94. The molecule has 41 heavy (non-hydrogen) atoms. The highest BCUT2D eigenvalue weighted by Gasteiger charge is 2.63. The molecule has 4 aliphatic carbocycles. The molecule has 2 aromatic rings. The van der Waals surface area contributed by atoms with Crippen molar-refractivity contribution in [2.24, 2.45) is 46.3 Å². The van der Waals surface area contributed by atoms with E-state index in [1.807, 2.05) is 6.07 Å². The van der Waals surface area contributed by atoms with Crippen LogP contribution < -0.4 is 0 Å². The van der Waals surface area contributed by atoms with E-state index in [-0.39, 0.29) is 23.4 Å². The number of rotatable bonds is 7. The average Bonchev–Trinajstić information content (AvgIpc) is 3.31. The number of benzene rings is 2. The first-order chi connectivity index (χ1) is 19.5. The maximum Gasteiger partial charge on any atom is 0.303 e. The Hall–Kier alpha value is -2.17. The molecule has 4 saturated carbocycles. The van der Waals surface area contributed by atoms with E-state index < -0.39 is 11.6 Å². The van der Waals surface area contributed by atoms with Gasteiger partial charge in [0.2, 0.25) is 0 Å². The molecule has 3 N–H and O–H groups in total. The van der Waals surface area contributed by atoms with Crippen LogP contribution in [0.5, 0.6) is 0 Å². The highest BCUT2D eigenvalue weighted by molar-refractivity contribution is 5.66. The summed E-state index contributed by atoms with van der Waals surface area (Å²) in [5, 5.41) is 32.9. The number of aliphatic hydroxyl groups excluding tert-OH is 1. The Morgan fingerprint density at radius 1 is 0.902 bits per heavy atom. The van der Waals surface area contributed by atoms with E-state index >= 15 is 0 Å². The maximum absolute atomic E-state index is 12.0. The zero-order valence-electron chi connectivity index (χ0n) is 25.3. The summed E-state index contributed by atoms with van der Waals surface area (Å²) in [6.07, 6.45) is 9.85. The second-order valence-corrected chi connectivity index (χ2v) is 15.0. The standard InChI is InChI=1S/C37H50O4/c1-24(8-7-11-33(39)40)29-16-17-30-34-31(18-19-36(29,30)3)35(2)20-21-37(41,23-28(35)22-32(34)38)27-14-12-26(13-15-27)25-9-5-4-6-10-25/h4-6,9-10,12-15,24,28-32,34,38,41H,7-8,11,16-23H2,1-3H3,(H,39,40)/t24-,28-,29-,30+,31+,32-,34+,35+,36-,37+/m1/s1. The van der Waals surface area contributed by atoms with E-state index in [4.69, 9.17) is 5.11 Å². The number of carbonyl (C=O) groups is 1. The van der Waals surface area contributed by atoms with Crippen LogP contribution in [0, 0.1) is 46.3 Å². The van der Waals surface area contributed by atoms with E-state index in [9.17, 15) is 15.0 Å². The molecule has 4 aliphatic rings. The van der Waals surface area contributed by atoms with Gasteiger partial charge in [0, 0.05) is 6.42 Å². The fraction of sp³-hybridized carbons (Fsp3) is 0.649. The molecule has 222 valence electrons. The van der Waals surface area contributed by atoms with Crippen LogP contribution in [0.2, 0.25) is 0 Å². The fourth-order valence-electron chi connectivity index (χ4n) is 10.8. The van der Waals surface area contributed by atoms with Crippen molar-refractivity contribution in [1.29, 1.82) is 0 Å². The largest absolute Gasteiger partial charge is 0.481 e. The molecular weight excluding hydrogens is 508 g/mol. The highest BCUT2D eigenvalue weighted by Crippen LogP contribution is 2.69. The lowest BCUT2D eigenvalue weighted by Gasteiger charge is -2.63. The van der Waals surface area contributed by atoms with Gasteiger partial charge in [0.15, 0.2) is 0 Å². The van der Waals surface area contributed by atoms with Crippen molar-refractivity contribution in [1.82, 2.24) is 0 Å². The van der Waals surface area contributed by atoms with Crippen molar-refractivity contribution in [3.8, 4) is 11.1 Å². The molecule has 2 aromatic carbocycles. The molecule has 0 aliphatic heterocycles. The van der Waals surface area contributed by atoms with Gasteiger partial charge in [-0.2, -0.15) is 0 Å². The van der Waals surface area contributed by atoms with Crippen LogP contribution in [0.25, 0.3) is 11.1 Å². The number of carboxylic acids is 1. The monoisotopic (exact) mass is 558 g/mol. The summed E-state index contributed by atoms with van der Waals surface area (Å²) in [7, 11) is 0. The van der Waals surface area contributed by atoms with Gasteiger partial charge in [-0.15, -0.1) is 0 Å². The van der Waals surface area contributed by atoms with Crippen molar-refractivity contribution in [2.75, 3.05) is 0 Å². The Morgan fingerprint density at radius 2 is 1.59 bits per heavy atom. The van der Waals surface area contributed by atoms with E-state index in [2.05, 4.69) is 69.3 Å². The van der Waals surface area contributed by atoms with Crippen LogP contribution in [0.4, 0.5) is 0 Å². The minimum absolute atomic E-state index is 0.159. The van der Waals surface area contributed by atoms with Gasteiger partial charge in [-0.1, -0.05) is 75.4 Å². The third-order valence-corrected chi connectivity index (χ3v) is 13.1. The van der Waals surface area contributed by atoms with Crippen molar-refractivity contribution in [2.45, 2.75) is 103 Å². The fourth-order valence-corrected chi connectivity index (χ4v) is 10.8. The third-order valence-electron chi connectivity index (χ3n) is 13.1. The lowest BCUT2D eigenvalue weighted by atomic mass is 9.42. The van der Waals surface area contributed by atoms with E-state index in [1.165, 1.54) is 36.8 Å². The molecular formula is C37H50O4. The Labute approximate surface area is 246 Å². The molecule has 0 amide bonds. The molecule has 4 fully saturated rings. The third kappa shape index (κ3) is 4.97. The number of hydrogen-bond donors (Lipinski definition) is 3. The molecule has 0 aromatic heterocycles. The van der Waals surface area contributed by atoms with Crippen LogP contribution >= 0.6 is 0 Å². The van der Waals surface area contributed by atoms with Crippen LogP contribution in [-0.2, 0) is 10.4 Å². The highest BCUT2D eigenvalue weighted by atomic mass is 16.4. The molecule has 0 heterocycles. The second kappa shape index (κ2) is 10.8. The van der Waals surface area contributed by atoms with Gasteiger partial charge in [0.05, 0.1) is 11.7 Å². The van der Waals surface area contributed by atoms with Crippen molar-refractivity contribution < 1.29 is 20.1 Å². The molecule has 0 spiro atoms. The number of fused-ring (bicyclic) bond motifs is 5. The number of aliphatic carboxylic acids is 1. The normalized spacial score (nSPS) is 40.7. The van der Waals surface area contributed by atoms with Crippen LogP contribution in [0.3, 0.4) is 0 Å². The summed E-state index contributed by atoms with van der Waals surface area (Å²) in [5.74, 6) is 2.20. The zero-order chi connectivity index (χ0) is 29.0. The van der Waals surface area contributed by atoms with Gasteiger partial charge in [0.1, 0.15) is 0 Å². The number of hydrogen-bond acceptors (Lipinski definition) is 3. The zero-order valence-corrected chi connectivity index (χ0v) is 25.3. The second-order valence-electron chi connectivity index (χ2n) is 15.0. The molecule has 4 heteroatoms. The molecule has 0 saturated heterocycles. The molecule has 10 atom stereocenters. The molecule has 4 nitrogen and oxygen atoms in total. The summed E-state index contributed by atoms with van der Waals surface area (Å²) >= 11 is 0. The molecule has 0 unspecified atom stereocenters. The Morgan fingerprint density at radius 3 is 2.29 bits per heavy atom. The van der Waals surface area contributed by atoms with Crippen LogP contribution in [-0.4, -0.2) is 27.4 Å². The van der Waals surface area contributed by atoms with Gasteiger partial charge >= 0.3 is 5.97 Å². The van der Waals surface area contributed by atoms with Crippen LogP contribution in [0.1, 0.15) is 97.0 Å². The molecule has 0 radical (unpaired) electrons. The quantitative estimate of drug-likeness (QED) is 0.321. The molecule has 0 bridgehead atoms. The van der Waals surface area contributed by atoms with E-state index in [0.29, 0.717) is 35.5 Å². The molecule has 6 rings (SSSR count). The Bertz CT molecular complexity index is 1230. The smallest absolute Gasteiger partial charge is 0.303 e. The average molecular weight is 559 g/mol. The Kier molecular flexibility index (Phi) is 7.64. The van der Waals surface area contributed by atoms with Gasteiger partial charge in [0.25, 0.3) is 0 Å².